The summed E-state index contributed by atoms with van der Waals surface area (Å²) in [5, 5.41) is 9.59. The van der Waals surface area contributed by atoms with Gasteiger partial charge in [-0.15, -0.1) is 0 Å². The van der Waals surface area contributed by atoms with E-state index in [1.807, 2.05) is 25.4 Å². The molecule has 1 aromatic heterocycles. The van der Waals surface area contributed by atoms with Gasteiger partial charge in [0.2, 0.25) is 0 Å². The van der Waals surface area contributed by atoms with Crippen molar-refractivity contribution in [2.75, 3.05) is 0 Å². The van der Waals surface area contributed by atoms with Crippen LogP contribution in [0.5, 0.6) is 0 Å². The third kappa shape index (κ3) is 3.04. The third-order valence-electron chi connectivity index (χ3n) is 2.26. The second-order valence-corrected chi connectivity index (χ2v) is 3.85. The molecule has 1 aromatic rings. The smallest absolute Gasteiger partial charge is 0.0802 e. The maximum Gasteiger partial charge on any atom is 0.0802 e. The average molecular weight is 193 g/mol. The van der Waals surface area contributed by atoms with Crippen LogP contribution in [0.25, 0.3) is 0 Å². The fourth-order valence-electron chi connectivity index (χ4n) is 1.29. The summed E-state index contributed by atoms with van der Waals surface area (Å²) in [4.78, 5) is 0. The first-order chi connectivity index (χ1) is 6.63. The molecule has 0 amide bonds. The first-order valence-corrected chi connectivity index (χ1v) is 5.10. The molecule has 2 heteroatoms. The lowest BCUT2D eigenvalue weighted by Gasteiger charge is -2.03. The molecule has 0 bridgehead atoms. The van der Waals surface area contributed by atoms with Gasteiger partial charge in [0, 0.05) is 18.9 Å². The summed E-state index contributed by atoms with van der Waals surface area (Å²) in [6.07, 6.45) is 6.64. The number of hydrogen-bond donors (Lipinski definition) is 1. The summed E-state index contributed by atoms with van der Waals surface area (Å²) in [6, 6.07) is 1.98. The zero-order chi connectivity index (χ0) is 10.6. The van der Waals surface area contributed by atoms with Gasteiger partial charge in [-0.05, 0) is 31.9 Å². The molecule has 0 spiro atoms. The Morgan fingerprint density at radius 1 is 1.57 bits per heavy atom. The van der Waals surface area contributed by atoms with Crippen molar-refractivity contribution in [1.29, 1.82) is 0 Å². The Morgan fingerprint density at radius 2 is 2.29 bits per heavy atom. The standard InChI is InChI=1S/C12H19NO/c1-4-12(14)11-6-8-13(9-11)7-5-10(2)3/h5-6,8-9,12,14H,4,7H2,1-3H3. The van der Waals surface area contributed by atoms with Gasteiger partial charge in [0.25, 0.3) is 0 Å². The normalized spacial score (nSPS) is 12.6. The minimum Gasteiger partial charge on any atom is -0.388 e. The molecule has 0 aliphatic heterocycles. The predicted octanol–water partition coefficient (Wildman–Crippen LogP) is 2.90. The van der Waals surface area contributed by atoms with Crippen molar-refractivity contribution in [2.45, 2.75) is 39.8 Å². The fraction of sp³-hybridized carbons (Fsp3) is 0.500. The number of aliphatic hydroxyl groups excluding tert-OH is 1. The highest BCUT2D eigenvalue weighted by molar-refractivity contribution is 5.14. The van der Waals surface area contributed by atoms with E-state index in [0.717, 1.165) is 18.5 Å². The van der Waals surface area contributed by atoms with Crippen LogP contribution in [0.4, 0.5) is 0 Å². The van der Waals surface area contributed by atoms with E-state index < -0.39 is 0 Å². The zero-order valence-electron chi connectivity index (χ0n) is 9.20. The number of hydrogen-bond acceptors (Lipinski definition) is 1. The van der Waals surface area contributed by atoms with Crippen molar-refractivity contribution in [3.8, 4) is 0 Å². The molecule has 78 valence electrons. The van der Waals surface area contributed by atoms with Gasteiger partial charge >= 0.3 is 0 Å². The molecule has 2 nitrogen and oxygen atoms in total. The van der Waals surface area contributed by atoms with Gasteiger partial charge in [-0.3, -0.25) is 0 Å². The van der Waals surface area contributed by atoms with Gasteiger partial charge in [0.05, 0.1) is 6.10 Å². The van der Waals surface area contributed by atoms with Crippen molar-refractivity contribution >= 4 is 0 Å². The van der Waals surface area contributed by atoms with E-state index in [9.17, 15) is 5.11 Å². The highest BCUT2D eigenvalue weighted by atomic mass is 16.3. The van der Waals surface area contributed by atoms with Crippen molar-refractivity contribution in [3.05, 3.63) is 35.7 Å². The van der Waals surface area contributed by atoms with Gasteiger partial charge in [0.1, 0.15) is 0 Å². The molecule has 14 heavy (non-hydrogen) atoms. The number of allylic oxidation sites excluding steroid dienone is 2. The summed E-state index contributed by atoms with van der Waals surface area (Å²) in [5.74, 6) is 0. The van der Waals surface area contributed by atoms with E-state index in [1.165, 1.54) is 5.57 Å². The Bertz CT molecular complexity index is 308. The van der Waals surface area contributed by atoms with E-state index in [0.29, 0.717) is 0 Å². The van der Waals surface area contributed by atoms with Gasteiger partial charge in [0.15, 0.2) is 0 Å². The lowest BCUT2D eigenvalue weighted by atomic mass is 10.1. The first-order valence-electron chi connectivity index (χ1n) is 5.10. The summed E-state index contributed by atoms with van der Waals surface area (Å²) in [5.41, 5.74) is 2.32. The largest absolute Gasteiger partial charge is 0.388 e. The quantitative estimate of drug-likeness (QED) is 0.731. The molecule has 1 N–H and O–H groups in total. The Balaban J connectivity index is 2.64. The fourth-order valence-corrected chi connectivity index (χ4v) is 1.29. The molecule has 0 saturated heterocycles. The summed E-state index contributed by atoms with van der Waals surface area (Å²) in [6.45, 7) is 7.05. The lowest BCUT2D eigenvalue weighted by Crippen LogP contribution is -1.94. The van der Waals surface area contributed by atoms with E-state index >= 15 is 0 Å². The average Bonchev–Trinajstić information content (AvgIpc) is 2.62. The highest BCUT2D eigenvalue weighted by Crippen LogP contribution is 2.16. The van der Waals surface area contributed by atoms with E-state index in [2.05, 4.69) is 24.5 Å². The van der Waals surface area contributed by atoms with Crippen LogP contribution in [0.1, 0.15) is 38.9 Å². The Morgan fingerprint density at radius 3 is 2.86 bits per heavy atom. The van der Waals surface area contributed by atoms with Gasteiger partial charge in [-0.2, -0.15) is 0 Å². The molecule has 0 saturated carbocycles. The van der Waals surface area contributed by atoms with Crippen LogP contribution in [0.3, 0.4) is 0 Å². The monoisotopic (exact) mass is 193 g/mol. The molecule has 1 unspecified atom stereocenters. The third-order valence-corrected chi connectivity index (χ3v) is 2.26. The van der Waals surface area contributed by atoms with Crippen molar-refractivity contribution < 1.29 is 5.11 Å². The maximum absolute atomic E-state index is 9.59. The minimum absolute atomic E-state index is 0.317. The van der Waals surface area contributed by atoms with Gasteiger partial charge < -0.3 is 9.67 Å². The number of aromatic nitrogens is 1. The maximum atomic E-state index is 9.59. The molecule has 1 heterocycles. The molecule has 0 aliphatic carbocycles. The molecular weight excluding hydrogens is 174 g/mol. The lowest BCUT2D eigenvalue weighted by molar-refractivity contribution is 0.173. The molecular formula is C12H19NO. The second kappa shape index (κ2) is 5.01. The van der Waals surface area contributed by atoms with Crippen molar-refractivity contribution in [2.24, 2.45) is 0 Å². The van der Waals surface area contributed by atoms with Crippen LogP contribution in [-0.2, 0) is 6.54 Å². The molecule has 0 radical (unpaired) electrons. The van der Waals surface area contributed by atoms with Crippen LogP contribution in [0.15, 0.2) is 30.1 Å². The van der Waals surface area contributed by atoms with Gasteiger partial charge in [-0.1, -0.05) is 18.6 Å². The van der Waals surface area contributed by atoms with Crippen LogP contribution in [0, 0.1) is 0 Å². The molecule has 0 aromatic carbocycles. The Labute approximate surface area is 85.9 Å². The Hall–Kier alpha value is -1.02. The molecule has 0 aliphatic rings. The second-order valence-electron chi connectivity index (χ2n) is 3.85. The first kappa shape index (κ1) is 11.1. The highest BCUT2D eigenvalue weighted by Gasteiger charge is 2.05. The summed E-state index contributed by atoms with van der Waals surface area (Å²) in [7, 11) is 0. The number of aliphatic hydroxyl groups is 1. The van der Waals surface area contributed by atoms with E-state index in [-0.39, 0.29) is 6.10 Å². The molecule has 0 fully saturated rings. The predicted molar refractivity (Wildman–Crippen MR) is 59.1 cm³/mol. The van der Waals surface area contributed by atoms with Crippen LogP contribution < -0.4 is 0 Å². The minimum atomic E-state index is -0.317. The zero-order valence-corrected chi connectivity index (χ0v) is 9.20. The molecule has 1 atom stereocenters. The molecule has 1 rings (SSSR count). The van der Waals surface area contributed by atoms with Gasteiger partial charge in [-0.25, -0.2) is 0 Å². The van der Waals surface area contributed by atoms with Crippen LogP contribution >= 0.6 is 0 Å². The van der Waals surface area contributed by atoms with Crippen LogP contribution in [-0.4, -0.2) is 9.67 Å². The van der Waals surface area contributed by atoms with Crippen molar-refractivity contribution in [1.82, 2.24) is 4.57 Å². The number of rotatable bonds is 4. The topological polar surface area (TPSA) is 25.2 Å². The Kier molecular flexibility index (Phi) is 3.96. The van der Waals surface area contributed by atoms with Crippen molar-refractivity contribution in [3.63, 3.8) is 0 Å². The SMILES string of the molecule is CCC(O)c1ccn(CC=C(C)C)c1. The van der Waals surface area contributed by atoms with Crippen LogP contribution in [0.2, 0.25) is 0 Å². The van der Waals surface area contributed by atoms with E-state index in [4.69, 9.17) is 0 Å². The van der Waals surface area contributed by atoms with E-state index in [1.54, 1.807) is 0 Å². The number of nitrogens with zero attached hydrogens (tertiary/aromatic N) is 1. The summed E-state index contributed by atoms with van der Waals surface area (Å²) >= 11 is 0. The summed E-state index contributed by atoms with van der Waals surface area (Å²) < 4.78 is 2.08.